The van der Waals surface area contributed by atoms with Gasteiger partial charge < -0.3 is 18.2 Å². The molecule has 2 aromatic heterocycles. The molecular weight excluding hydrogens is 586 g/mol. The van der Waals surface area contributed by atoms with Crippen molar-refractivity contribution in [2.45, 2.75) is 95.4 Å². The van der Waals surface area contributed by atoms with Crippen molar-refractivity contribution < 1.29 is 36.0 Å². The molecule has 2 heterocycles. The number of fused-ring (bicyclic) bond motifs is 1. The Morgan fingerprint density at radius 1 is 0.974 bits per heavy atom. The fourth-order valence-corrected chi connectivity index (χ4v) is 15.9. The number of hydrogen-bond acceptors (Lipinski definition) is 10. The Morgan fingerprint density at radius 2 is 1.47 bits per heavy atom. The van der Waals surface area contributed by atoms with E-state index in [2.05, 4.69) is 41.5 Å². The highest BCUT2D eigenvalue weighted by Gasteiger charge is 2.45. The molecule has 0 aromatic carbocycles. The van der Waals surface area contributed by atoms with Crippen LogP contribution in [0.25, 0.3) is 9.40 Å². The zero-order valence-electron chi connectivity index (χ0n) is 24.2. The maximum absolute atomic E-state index is 13.6. The molecule has 0 spiro atoms. The molecule has 38 heavy (non-hydrogen) atoms. The predicted octanol–water partition coefficient (Wildman–Crippen LogP) is 8.02. The fourth-order valence-electron chi connectivity index (χ4n) is 4.76. The third-order valence-corrected chi connectivity index (χ3v) is 18.8. The second kappa shape index (κ2) is 12.4. The van der Waals surface area contributed by atoms with Gasteiger partial charge in [0.05, 0.1) is 6.61 Å². The smallest absolute Gasteiger partial charge is 0.424 e. The quantitative estimate of drug-likeness (QED) is 0.172. The first-order valence-corrected chi connectivity index (χ1v) is 19.4. The molecule has 0 fully saturated rings. The molecule has 218 valence electrons. The highest BCUT2D eigenvalue weighted by molar-refractivity contribution is 7.92. The topological polar surface area (TPSA) is 108 Å². The van der Waals surface area contributed by atoms with E-state index in [0.29, 0.717) is 27.5 Å². The lowest BCUT2D eigenvalue weighted by molar-refractivity contribution is 0.0402. The van der Waals surface area contributed by atoms with Gasteiger partial charge in [0.15, 0.2) is 0 Å². The van der Waals surface area contributed by atoms with Crippen molar-refractivity contribution in [2.24, 2.45) is 0 Å². The van der Waals surface area contributed by atoms with Crippen LogP contribution in [-0.2, 0) is 39.4 Å². The van der Waals surface area contributed by atoms with Crippen LogP contribution in [0.1, 0.15) is 67.2 Å². The number of hydrogen-bond donors (Lipinski definition) is 0. The summed E-state index contributed by atoms with van der Waals surface area (Å²) in [6, 6.07) is 3.47. The van der Waals surface area contributed by atoms with Crippen LogP contribution in [0.4, 0.5) is 4.79 Å². The Labute approximate surface area is 236 Å². The Hall–Kier alpha value is -0.793. The van der Waals surface area contributed by atoms with Gasteiger partial charge in [-0.25, -0.2) is 4.79 Å². The number of nitrogens with zero attached hydrogens (tertiary/aromatic N) is 1. The Bertz CT molecular complexity index is 1200. The average molecular weight is 628 g/mol. The van der Waals surface area contributed by atoms with Crippen LogP contribution in [-0.4, -0.2) is 53.2 Å². The van der Waals surface area contributed by atoms with Crippen molar-refractivity contribution in [3.8, 4) is 0 Å². The van der Waals surface area contributed by atoms with Crippen molar-refractivity contribution in [3.05, 3.63) is 17.0 Å². The number of thiophene rings is 2. The number of amides is 1. The SMILES string of the molecule is COP(=O)(CN(C(=O)OC(C)(C)C)S(=O)(=O)c1cc2sc(CO[Si](C(C)C)(C(C)C)C(C)C)cc2s1)OC. The first-order chi connectivity index (χ1) is 17.3. The molecule has 0 aliphatic carbocycles. The third-order valence-electron chi connectivity index (χ3n) is 6.41. The Morgan fingerprint density at radius 3 is 1.89 bits per heavy atom. The van der Waals surface area contributed by atoms with Gasteiger partial charge in [0.25, 0.3) is 10.0 Å². The van der Waals surface area contributed by atoms with Gasteiger partial charge >= 0.3 is 13.7 Å². The summed E-state index contributed by atoms with van der Waals surface area (Å²) in [6.07, 6.45) is -1.97. The summed E-state index contributed by atoms with van der Waals surface area (Å²) in [7, 11) is -8.12. The molecule has 0 atom stereocenters. The molecule has 9 nitrogen and oxygen atoms in total. The minimum Gasteiger partial charge on any atom is -0.443 e. The van der Waals surface area contributed by atoms with Crippen LogP contribution < -0.4 is 0 Å². The number of carbonyl (C=O) groups excluding carboxylic acids is 1. The average Bonchev–Trinajstić information content (AvgIpc) is 3.35. The molecule has 0 aliphatic heterocycles. The standard InChI is InChI=1S/C24H42NO8PS3Si/c1-16(2)38(17(3)4,18(5)6)32-14-19-12-20-21(35-19)13-22(36-20)37(28,29)25(15-34(27,30-10)31-11)23(26)33-24(7,8)9/h12-13,16-18H,14-15H2,1-11H3. The zero-order chi connectivity index (χ0) is 29.3. The molecule has 2 aromatic rings. The number of rotatable bonds is 12. The van der Waals surface area contributed by atoms with E-state index in [-0.39, 0.29) is 4.21 Å². The minimum atomic E-state index is -4.41. The molecule has 0 N–H and O–H groups in total. The Balaban J connectivity index is 2.41. The second-order valence-corrected chi connectivity index (χ2v) is 23.1. The van der Waals surface area contributed by atoms with Crippen LogP contribution in [0, 0.1) is 0 Å². The van der Waals surface area contributed by atoms with Crippen LogP contribution in [0.3, 0.4) is 0 Å². The molecule has 0 aliphatic rings. The normalized spacial score (nSPS) is 13.7. The summed E-state index contributed by atoms with van der Waals surface area (Å²) in [5.41, 5.74) is 0.387. The van der Waals surface area contributed by atoms with Crippen molar-refractivity contribution >= 4 is 64.1 Å². The summed E-state index contributed by atoms with van der Waals surface area (Å²) in [6.45, 7) is 18.7. The van der Waals surface area contributed by atoms with E-state index in [1.165, 1.54) is 17.4 Å². The van der Waals surface area contributed by atoms with Crippen LogP contribution >= 0.6 is 30.3 Å². The largest absolute Gasteiger partial charge is 0.443 e. The lowest BCUT2D eigenvalue weighted by atomic mass is 10.2. The number of carbonyl (C=O) groups is 1. The van der Waals surface area contributed by atoms with E-state index in [0.717, 1.165) is 39.8 Å². The summed E-state index contributed by atoms with van der Waals surface area (Å²) in [4.78, 5) is 13.9. The lowest BCUT2D eigenvalue weighted by Crippen LogP contribution is -2.47. The molecule has 2 rings (SSSR count). The summed E-state index contributed by atoms with van der Waals surface area (Å²) >= 11 is 2.51. The van der Waals surface area contributed by atoms with Crippen LogP contribution in [0.5, 0.6) is 0 Å². The maximum atomic E-state index is 13.6. The van der Waals surface area contributed by atoms with Crippen molar-refractivity contribution in [2.75, 3.05) is 20.5 Å². The van der Waals surface area contributed by atoms with E-state index >= 15 is 0 Å². The predicted molar refractivity (Wildman–Crippen MR) is 157 cm³/mol. The number of ether oxygens (including phenoxy) is 1. The molecule has 0 saturated carbocycles. The van der Waals surface area contributed by atoms with Crippen molar-refractivity contribution in [1.82, 2.24) is 4.31 Å². The van der Waals surface area contributed by atoms with Gasteiger partial charge in [-0.2, -0.15) is 12.7 Å². The highest BCUT2D eigenvalue weighted by Crippen LogP contribution is 2.49. The van der Waals surface area contributed by atoms with Gasteiger partial charge in [-0.1, -0.05) is 41.5 Å². The Kier molecular flexibility index (Phi) is 10.9. The molecule has 1 amide bonds. The molecular formula is C24H42NO8PS3Si. The van der Waals surface area contributed by atoms with Gasteiger partial charge in [-0.05, 0) is 49.5 Å². The first-order valence-electron chi connectivity index (χ1n) is 12.5. The van der Waals surface area contributed by atoms with Crippen molar-refractivity contribution in [1.29, 1.82) is 0 Å². The van der Waals surface area contributed by atoms with Gasteiger partial charge in [-0.15, -0.1) is 22.7 Å². The molecule has 0 saturated heterocycles. The van der Waals surface area contributed by atoms with Gasteiger partial charge in [0.2, 0.25) is 8.32 Å². The van der Waals surface area contributed by atoms with Crippen LogP contribution in [0.15, 0.2) is 16.3 Å². The summed E-state index contributed by atoms with van der Waals surface area (Å²) in [5, 5.41) is 0. The summed E-state index contributed by atoms with van der Waals surface area (Å²) < 4.78 is 63.7. The first kappa shape index (κ1) is 33.4. The van der Waals surface area contributed by atoms with E-state index in [4.69, 9.17) is 18.2 Å². The minimum absolute atomic E-state index is 0.0638. The summed E-state index contributed by atoms with van der Waals surface area (Å²) in [5.74, 6) is 0. The third kappa shape index (κ3) is 7.28. The van der Waals surface area contributed by atoms with E-state index in [1.54, 1.807) is 20.8 Å². The van der Waals surface area contributed by atoms with Gasteiger partial charge in [0.1, 0.15) is 16.1 Å². The van der Waals surface area contributed by atoms with Crippen molar-refractivity contribution in [3.63, 3.8) is 0 Å². The molecule has 14 heteroatoms. The second-order valence-electron chi connectivity index (χ2n) is 11.1. The van der Waals surface area contributed by atoms with Gasteiger partial charge in [0, 0.05) is 28.5 Å². The van der Waals surface area contributed by atoms with E-state index in [9.17, 15) is 17.8 Å². The van der Waals surface area contributed by atoms with Crippen LogP contribution in [0.2, 0.25) is 16.6 Å². The van der Waals surface area contributed by atoms with E-state index < -0.39 is 43.9 Å². The van der Waals surface area contributed by atoms with E-state index in [1.807, 2.05) is 6.07 Å². The lowest BCUT2D eigenvalue weighted by Gasteiger charge is -2.42. The molecule has 0 bridgehead atoms. The maximum Gasteiger partial charge on any atom is 0.424 e. The molecule has 0 radical (unpaired) electrons. The zero-order valence-corrected chi connectivity index (χ0v) is 28.5. The molecule has 0 unspecified atom stereocenters. The fraction of sp³-hybridized carbons (Fsp3) is 0.708. The van der Waals surface area contributed by atoms with Gasteiger partial charge in [-0.3, -0.25) is 4.57 Å². The monoisotopic (exact) mass is 627 g/mol. The highest BCUT2D eigenvalue weighted by atomic mass is 32.2. The number of sulfonamides is 1.